The number of nitrogens with one attached hydrogen (secondary N) is 1. The first-order chi connectivity index (χ1) is 14.0. The van der Waals surface area contributed by atoms with Crippen molar-refractivity contribution in [3.63, 3.8) is 0 Å². The van der Waals surface area contributed by atoms with E-state index in [1.165, 1.54) is 19.3 Å². The first-order valence-electron chi connectivity index (χ1n) is 10.7. The van der Waals surface area contributed by atoms with Crippen molar-refractivity contribution in [2.24, 2.45) is 0 Å². The molecule has 3 rings (SSSR count). The van der Waals surface area contributed by atoms with Gasteiger partial charge in [-0.15, -0.1) is 0 Å². The standard InChI is InChI=1S/C24H32N4O/c1-5-6-7-11-16-25-22(29)15-14-21-17(2)26-24-23(20-12-9-8-10-13-20)18(3)27-28(24)19(21)4/h8-10,12-13H,5-7,11,14-16H2,1-4H3,(H,25,29). The molecule has 1 amide bonds. The van der Waals surface area contributed by atoms with Crippen LogP contribution in [-0.2, 0) is 11.2 Å². The molecule has 5 nitrogen and oxygen atoms in total. The average Bonchev–Trinajstić information content (AvgIpc) is 3.04. The van der Waals surface area contributed by atoms with Gasteiger partial charge in [0.25, 0.3) is 0 Å². The maximum atomic E-state index is 12.2. The molecule has 3 aromatic rings. The molecular formula is C24H32N4O. The number of hydrogen-bond acceptors (Lipinski definition) is 3. The Kier molecular flexibility index (Phi) is 7.02. The van der Waals surface area contributed by atoms with Gasteiger partial charge in [0.1, 0.15) is 0 Å². The van der Waals surface area contributed by atoms with Gasteiger partial charge in [0, 0.05) is 29.9 Å². The highest BCUT2D eigenvalue weighted by Gasteiger charge is 2.18. The van der Waals surface area contributed by atoms with Crippen LogP contribution in [0.4, 0.5) is 0 Å². The number of aryl methyl sites for hydroxylation is 3. The second-order valence-corrected chi connectivity index (χ2v) is 7.73. The maximum absolute atomic E-state index is 12.2. The Morgan fingerprint density at radius 1 is 1.03 bits per heavy atom. The number of carbonyl (C=O) groups is 1. The van der Waals surface area contributed by atoms with E-state index >= 15 is 0 Å². The topological polar surface area (TPSA) is 59.3 Å². The molecule has 1 aromatic carbocycles. The van der Waals surface area contributed by atoms with Crippen molar-refractivity contribution >= 4 is 11.6 Å². The van der Waals surface area contributed by atoms with Crippen molar-refractivity contribution in [1.82, 2.24) is 19.9 Å². The first kappa shape index (κ1) is 21.0. The van der Waals surface area contributed by atoms with Gasteiger partial charge in [0.15, 0.2) is 5.65 Å². The third-order valence-corrected chi connectivity index (χ3v) is 5.52. The van der Waals surface area contributed by atoms with E-state index in [9.17, 15) is 4.79 Å². The molecule has 0 aliphatic heterocycles. The Morgan fingerprint density at radius 3 is 2.52 bits per heavy atom. The lowest BCUT2D eigenvalue weighted by molar-refractivity contribution is -0.121. The summed E-state index contributed by atoms with van der Waals surface area (Å²) in [5.74, 6) is 0.113. The van der Waals surface area contributed by atoms with Crippen LogP contribution < -0.4 is 5.32 Å². The second kappa shape index (κ2) is 9.68. The normalized spacial score (nSPS) is 11.2. The Hall–Kier alpha value is -2.69. The lowest BCUT2D eigenvalue weighted by Gasteiger charge is -2.12. The fraction of sp³-hybridized carbons (Fsp3) is 0.458. The van der Waals surface area contributed by atoms with Crippen LogP contribution in [0.1, 0.15) is 61.7 Å². The molecule has 0 radical (unpaired) electrons. The van der Waals surface area contributed by atoms with Crippen molar-refractivity contribution in [3.8, 4) is 11.1 Å². The Labute approximate surface area is 173 Å². The van der Waals surface area contributed by atoms with Crippen LogP contribution in [0.25, 0.3) is 16.8 Å². The zero-order valence-corrected chi connectivity index (χ0v) is 18.1. The van der Waals surface area contributed by atoms with Gasteiger partial charge in [-0.3, -0.25) is 4.79 Å². The lowest BCUT2D eigenvalue weighted by atomic mass is 10.0. The molecule has 0 saturated heterocycles. The highest BCUT2D eigenvalue weighted by atomic mass is 16.1. The summed E-state index contributed by atoms with van der Waals surface area (Å²) in [6.07, 6.45) is 5.84. The SMILES string of the molecule is CCCCCCNC(=O)CCc1c(C)nc2c(-c3ccccc3)c(C)nn2c1C. The summed E-state index contributed by atoms with van der Waals surface area (Å²) in [5, 5.41) is 7.79. The molecular weight excluding hydrogens is 360 g/mol. The molecule has 0 spiro atoms. The molecule has 0 saturated carbocycles. The minimum Gasteiger partial charge on any atom is -0.356 e. The summed E-state index contributed by atoms with van der Waals surface area (Å²) in [6, 6.07) is 10.3. The molecule has 0 unspecified atom stereocenters. The Balaban J connectivity index is 1.76. The van der Waals surface area contributed by atoms with E-state index in [0.29, 0.717) is 12.8 Å². The van der Waals surface area contributed by atoms with Gasteiger partial charge in [0.2, 0.25) is 5.91 Å². The summed E-state index contributed by atoms with van der Waals surface area (Å²) >= 11 is 0. The van der Waals surface area contributed by atoms with Gasteiger partial charge in [0.05, 0.1) is 5.69 Å². The second-order valence-electron chi connectivity index (χ2n) is 7.73. The molecule has 1 N–H and O–H groups in total. The van der Waals surface area contributed by atoms with Crippen molar-refractivity contribution in [3.05, 3.63) is 53.0 Å². The lowest BCUT2D eigenvalue weighted by Crippen LogP contribution is -2.25. The van der Waals surface area contributed by atoms with Crippen LogP contribution in [-0.4, -0.2) is 27.0 Å². The maximum Gasteiger partial charge on any atom is 0.220 e. The van der Waals surface area contributed by atoms with E-state index in [2.05, 4.69) is 31.3 Å². The zero-order valence-electron chi connectivity index (χ0n) is 18.1. The summed E-state index contributed by atoms with van der Waals surface area (Å²) in [7, 11) is 0. The fourth-order valence-corrected chi connectivity index (χ4v) is 3.88. The molecule has 0 aliphatic rings. The molecule has 29 heavy (non-hydrogen) atoms. The Bertz CT molecular complexity index is 976. The van der Waals surface area contributed by atoms with E-state index in [4.69, 9.17) is 10.1 Å². The number of aromatic nitrogens is 3. The predicted octanol–water partition coefficient (Wildman–Crippen LogP) is 4.95. The van der Waals surface area contributed by atoms with Crippen molar-refractivity contribution in [2.45, 2.75) is 66.2 Å². The number of carbonyl (C=O) groups excluding carboxylic acids is 1. The van der Waals surface area contributed by atoms with Gasteiger partial charge in [-0.25, -0.2) is 9.50 Å². The third kappa shape index (κ3) is 4.84. The number of rotatable bonds is 9. The van der Waals surface area contributed by atoms with Crippen molar-refractivity contribution < 1.29 is 4.79 Å². The van der Waals surface area contributed by atoms with E-state index in [-0.39, 0.29) is 5.91 Å². The summed E-state index contributed by atoms with van der Waals surface area (Å²) < 4.78 is 1.93. The molecule has 154 valence electrons. The molecule has 0 bridgehead atoms. The number of benzene rings is 1. The monoisotopic (exact) mass is 392 g/mol. The van der Waals surface area contributed by atoms with Gasteiger partial charge in [-0.1, -0.05) is 56.5 Å². The van der Waals surface area contributed by atoms with E-state index in [1.54, 1.807) is 0 Å². The van der Waals surface area contributed by atoms with Crippen LogP contribution in [0.3, 0.4) is 0 Å². The molecule has 5 heteroatoms. The highest BCUT2D eigenvalue weighted by Crippen LogP contribution is 2.29. The van der Waals surface area contributed by atoms with Crippen molar-refractivity contribution in [2.75, 3.05) is 6.54 Å². The van der Waals surface area contributed by atoms with Crippen LogP contribution in [0.2, 0.25) is 0 Å². The molecule has 0 aliphatic carbocycles. The number of hydrogen-bond donors (Lipinski definition) is 1. The van der Waals surface area contributed by atoms with Gasteiger partial charge < -0.3 is 5.32 Å². The van der Waals surface area contributed by atoms with Crippen LogP contribution in [0.15, 0.2) is 30.3 Å². The van der Waals surface area contributed by atoms with Crippen LogP contribution in [0, 0.1) is 20.8 Å². The summed E-state index contributed by atoms with van der Waals surface area (Å²) in [6.45, 7) is 9.09. The zero-order chi connectivity index (χ0) is 20.8. The number of fused-ring (bicyclic) bond motifs is 1. The van der Waals surface area contributed by atoms with Crippen LogP contribution in [0.5, 0.6) is 0 Å². The quantitative estimate of drug-likeness (QED) is 0.524. The van der Waals surface area contributed by atoms with Gasteiger partial charge >= 0.3 is 0 Å². The largest absolute Gasteiger partial charge is 0.356 e. The van der Waals surface area contributed by atoms with Crippen molar-refractivity contribution in [1.29, 1.82) is 0 Å². The number of unbranched alkanes of at least 4 members (excludes halogenated alkanes) is 3. The molecule has 0 fully saturated rings. The fourth-order valence-electron chi connectivity index (χ4n) is 3.88. The van der Waals surface area contributed by atoms with E-state index in [0.717, 1.165) is 52.4 Å². The summed E-state index contributed by atoms with van der Waals surface area (Å²) in [4.78, 5) is 17.1. The average molecular weight is 393 g/mol. The van der Waals surface area contributed by atoms with E-state index in [1.807, 2.05) is 36.6 Å². The van der Waals surface area contributed by atoms with E-state index < -0.39 is 0 Å². The van der Waals surface area contributed by atoms with Gasteiger partial charge in [-0.2, -0.15) is 5.10 Å². The molecule has 0 atom stereocenters. The minimum absolute atomic E-state index is 0.113. The van der Waals surface area contributed by atoms with Crippen LogP contribution >= 0.6 is 0 Å². The first-order valence-corrected chi connectivity index (χ1v) is 10.7. The molecule has 2 aromatic heterocycles. The smallest absolute Gasteiger partial charge is 0.220 e. The number of nitrogens with zero attached hydrogens (tertiary/aromatic N) is 3. The molecule has 2 heterocycles. The Morgan fingerprint density at radius 2 is 1.79 bits per heavy atom. The highest BCUT2D eigenvalue weighted by molar-refractivity contribution is 5.80. The summed E-state index contributed by atoms with van der Waals surface area (Å²) in [5.41, 5.74) is 7.20. The number of amides is 1. The predicted molar refractivity (Wildman–Crippen MR) is 118 cm³/mol. The minimum atomic E-state index is 0.113. The third-order valence-electron chi connectivity index (χ3n) is 5.52. The van der Waals surface area contributed by atoms with Gasteiger partial charge in [-0.05, 0) is 44.7 Å².